The van der Waals surface area contributed by atoms with Crippen LogP contribution in [-0.4, -0.2) is 56.3 Å². The second kappa shape index (κ2) is 7.07. The molecule has 6 nitrogen and oxygen atoms in total. The van der Waals surface area contributed by atoms with Crippen molar-refractivity contribution in [1.82, 2.24) is 9.62 Å². The number of nitrogens with one attached hydrogen (secondary N) is 2. The molecule has 0 amide bonds. The number of likely N-dealkylation sites (tertiary alicyclic amines) is 1. The molecule has 26 heavy (non-hydrogen) atoms. The first-order chi connectivity index (χ1) is 12.4. The molecule has 1 unspecified atom stereocenters. The minimum absolute atomic E-state index is 0.149. The van der Waals surface area contributed by atoms with Gasteiger partial charge >= 0.3 is 0 Å². The molecule has 0 aromatic heterocycles. The van der Waals surface area contributed by atoms with Crippen LogP contribution in [0, 0.1) is 0 Å². The van der Waals surface area contributed by atoms with E-state index in [0.717, 1.165) is 44.2 Å². The summed E-state index contributed by atoms with van der Waals surface area (Å²) in [7, 11) is -3.64. The zero-order valence-electron chi connectivity index (χ0n) is 14.8. The number of fused-ring (bicyclic) bond motifs is 2. The number of anilines is 1. The van der Waals surface area contributed by atoms with Crippen molar-refractivity contribution < 1.29 is 17.9 Å². The maximum atomic E-state index is 12.8. The minimum atomic E-state index is -3.64. The number of sulfonamides is 1. The number of aliphatic hydroxyl groups excluding tert-OH is 1. The van der Waals surface area contributed by atoms with E-state index in [-0.39, 0.29) is 12.3 Å². The zero-order valence-corrected chi connectivity index (χ0v) is 15.6. The van der Waals surface area contributed by atoms with Crippen LogP contribution in [0.4, 0.5) is 10.1 Å². The van der Waals surface area contributed by atoms with E-state index in [1.54, 1.807) is 4.90 Å². The maximum Gasteiger partial charge on any atom is 0.216 e. The molecule has 0 bridgehead atoms. The van der Waals surface area contributed by atoms with Gasteiger partial charge < -0.3 is 10.4 Å². The number of aryl methyl sites for hydroxylation is 2. The second-order valence-corrected chi connectivity index (χ2v) is 9.45. The maximum absolute atomic E-state index is 12.8. The number of benzene rings is 1. The molecule has 0 spiro atoms. The van der Waals surface area contributed by atoms with Crippen LogP contribution in [0.3, 0.4) is 0 Å². The van der Waals surface area contributed by atoms with Crippen molar-refractivity contribution in [2.45, 2.75) is 51.0 Å². The van der Waals surface area contributed by atoms with Crippen LogP contribution in [-0.2, 0) is 35.7 Å². The number of nitrogens with zero attached hydrogens (tertiary/aromatic N) is 1. The fraction of sp³-hybridized carbons (Fsp3) is 0.667. The van der Waals surface area contributed by atoms with E-state index in [0.29, 0.717) is 13.1 Å². The average Bonchev–Trinajstić information content (AvgIpc) is 3.18. The van der Waals surface area contributed by atoms with Gasteiger partial charge in [0, 0.05) is 25.3 Å². The van der Waals surface area contributed by atoms with Gasteiger partial charge in [-0.1, -0.05) is 6.07 Å². The number of rotatable bonds is 7. The first kappa shape index (κ1) is 18.2. The molecule has 1 aromatic rings. The van der Waals surface area contributed by atoms with Gasteiger partial charge in [0.05, 0.1) is 5.75 Å². The molecule has 0 saturated carbocycles. The van der Waals surface area contributed by atoms with Crippen molar-refractivity contribution in [3.63, 3.8) is 0 Å². The lowest BCUT2D eigenvalue weighted by Crippen LogP contribution is -2.51. The number of halogens is 1. The normalized spacial score (nSPS) is 21.3. The highest BCUT2D eigenvalue weighted by Crippen LogP contribution is 2.38. The topological polar surface area (TPSA) is 81.7 Å². The van der Waals surface area contributed by atoms with E-state index in [4.69, 9.17) is 0 Å². The molecule has 4 rings (SSSR count). The lowest BCUT2D eigenvalue weighted by atomic mass is 9.99. The van der Waals surface area contributed by atoms with Gasteiger partial charge in [0.1, 0.15) is 6.17 Å². The summed E-state index contributed by atoms with van der Waals surface area (Å²) >= 11 is 0. The molecule has 8 heteroatoms. The Morgan fingerprint density at radius 1 is 1.15 bits per heavy atom. The van der Waals surface area contributed by atoms with E-state index < -0.39 is 22.5 Å². The summed E-state index contributed by atoms with van der Waals surface area (Å²) in [4.78, 5) is 1.75. The third-order valence-corrected chi connectivity index (χ3v) is 6.94. The summed E-state index contributed by atoms with van der Waals surface area (Å²) in [5.41, 5.74) is 6.01. The number of hydrogen-bond donors (Lipinski definition) is 3. The Morgan fingerprint density at radius 3 is 2.35 bits per heavy atom. The molecule has 3 aliphatic rings. The van der Waals surface area contributed by atoms with E-state index >= 15 is 0 Å². The molecule has 1 heterocycles. The Bertz CT molecular complexity index is 761. The highest BCUT2D eigenvalue weighted by Gasteiger charge is 2.29. The van der Waals surface area contributed by atoms with Crippen molar-refractivity contribution in [3.8, 4) is 0 Å². The molecular formula is C18H26FN3O3S. The predicted octanol–water partition coefficient (Wildman–Crippen LogP) is 0.925. The number of hydrogen-bond acceptors (Lipinski definition) is 5. The fourth-order valence-electron chi connectivity index (χ4n) is 4.32. The summed E-state index contributed by atoms with van der Waals surface area (Å²) in [6.45, 7) is 0.857. The van der Waals surface area contributed by atoms with Crippen LogP contribution in [0.15, 0.2) is 6.07 Å². The van der Waals surface area contributed by atoms with Crippen LogP contribution in [0.25, 0.3) is 0 Å². The molecule has 0 radical (unpaired) electrons. The Hall–Kier alpha value is -1.22. The molecule has 1 aromatic carbocycles. The van der Waals surface area contributed by atoms with Gasteiger partial charge in [-0.15, -0.1) is 0 Å². The van der Waals surface area contributed by atoms with Crippen LogP contribution >= 0.6 is 0 Å². The standard InChI is InChI=1S/C18H26FN3O3S/c19-14-10-22(11-14)7-8-26(24,25)21-18(23)20-17-15-5-1-3-12(15)9-13-4-2-6-16(13)17/h9,14,18,20-21,23H,1-8,10-11H2. The summed E-state index contributed by atoms with van der Waals surface area (Å²) in [6, 6.07) is 2.29. The van der Waals surface area contributed by atoms with Crippen molar-refractivity contribution in [3.05, 3.63) is 28.3 Å². The summed E-state index contributed by atoms with van der Waals surface area (Å²) < 4.78 is 39.5. The smallest absolute Gasteiger partial charge is 0.216 e. The summed E-state index contributed by atoms with van der Waals surface area (Å²) in [6.07, 6.45) is 4.00. The Kier molecular flexibility index (Phi) is 4.94. The largest absolute Gasteiger partial charge is 0.360 e. The van der Waals surface area contributed by atoms with Gasteiger partial charge in [0.15, 0.2) is 6.35 Å². The van der Waals surface area contributed by atoms with E-state index in [9.17, 15) is 17.9 Å². The van der Waals surface area contributed by atoms with Crippen molar-refractivity contribution in [2.24, 2.45) is 0 Å². The fourth-order valence-corrected chi connectivity index (χ4v) is 5.34. The quantitative estimate of drug-likeness (QED) is 0.610. The van der Waals surface area contributed by atoms with Crippen molar-refractivity contribution >= 4 is 15.7 Å². The van der Waals surface area contributed by atoms with Gasteiger partial charge in [0.2, 0.25) is 10.0 Å². The van der Waals surface area contributed by atoms with Crippen LogP contribution in [0.5, 0.6) is 0 Å². The second-order valence-electron chi connectivity index (χ2n) is 7.57. The van der Waals surface area contributed by atoms with Crippen LogP contribution in [0.2, 0.25) is 0 Å². The molecular weight excluding hydrogens is 357 g/mol. The minimum Gasteiger partial charge on any atom is -0.360 e. The molecule has 144 valence electrons. The van der Waals surface area contributed by atoms with Crippen molar-refractivity contribution in [2.75, 3.05) is 30.7 Å². The van der Waals surface area contributed by atoms with E-state index in [1.165, 1.54) is 22.3 Å². The first-order valence-electron chi connectivity index (χ1n) is 9.39. The average molecular weight is 383 g/mol. The van der Waals surface area contributed by atoms with Crippen LogP contribution < -0.4 is 10.0 Å². The Morgan fingerprint density at radius 2 is 1.77 bits per heavy atom. The SMILES string of the molecule is O=S(=O)(CCN1CC(F)C1)NC(O)Nc1c2c(cc3c1CCC3)CCC2. The lowest BCUT2D eigenvalue weighted by molar-refractivity contribution is 0.0716. The predicted molar refractivity (Wildman–Crippen MR) is 98.4 cm³/mol. The first-order valence-corrected chi connectivity index (χ1v) is 11.0. The van der Waals surface area contributed by atoms with Gasteiger partial charge in [0.25, 0.3) is 0 Å². The van der Waals surface area contributed by atoms with Gasteiger partial charge in [-0.3, -0.25) is 4.90 Å². The van der Waals surface area contributed by atoms with E-state index in [2.05, 4.69) is 16.1 Å². The molecule has 2 aliphatic carbocycles. The van der Waals surface area contributed by atoms with Gasteiger partial charge in [-0.25, -0.2) is 12.8 Å². The molecule has 1 atom stereocenters. The molecule has 3 N–H and O–H groups in total. The zero-order chi connectivity index (χ0) is 18.3. The molecule has 1 aliphatic heterocycles. The number of alkyl halides is 1. The third kappa shape index (κ3) is 3.74. The van der Waals surface area contributed by atoms with E-state index in [1.807, 2.05) is 0 Å². The van der Waals surface area contributed by atoms with Crippen molar-refractivity contribution in [1.29, 1.82) is 0 Å². The Balaban J connectivity index is 1.41. The summed E-state index contributed by atoms with van der Waals surface area (Å²) in [5.74, 6) is -0.149. The highest BCUT2D eigenvalue weighted by atomic mass is 32.2. The summed E-state index contributed by atoms with van der Waals surface area (Å²) in [5, 5.41) is 13.3. The van der Waals surface area contributed by atoms with Gasteiger partial charge in [-0.05, 0) is 60.8 Å². The number of aliphatic hydroxyl groups is 1. The van der Waals surface area contributed by atoms with Crippen LogP contribution in [0.1, 0.15) is 35.1 Å². The molecule has 1 fully saturated rings. The lowest BCUT2D eigenvalue weighted by Gasteiger charge is -2.34. The Labute approximate surface area is 153 Å². The highest BCUT2D eigenvalue weighted by molar-refractivity contribution is 7.89. The molecule has 1 saturated heterocycles. The van der Waals surface area contributed by atoms with Gasteiger partial charge in [-0.2, -0.15) is 4.72 Å². The monoisotopic (exact) mass is 383 g/mol. The third-order valence-electron chi connectivity index (χ3n) is 5.63.